The van der Waals surface area contributed by atoms with Gasteiger partial charge < -0.3 is 15.1 Å². The molecule has 1 heterocycles. The predicted molar refractivity (Wildman–Crippen MR) is 123 cm³/mol. The Labute approximate surface area is 182 Å². The summed E-state index contributed by atoms with van der Waals surface area (Å²) < 4.78 is 0. The summed E-state index contributed by atoms with van der Waals surface area (Å²) in [7, 11) is 5.43. The van der Waals surface area contributed by atoms with E-state index in [1.165, 1.54) is 0 Å². The van der Waals surface area contributed by atoms with Crippen LogP contribution in [0.3, 0.4) is 0 Å². The number of carbonyl (C=O) groups is 1. The molecule has 2 rings (SSSR count). The van der Waals surface area contributed by atoms with Crippen LogP contribution in [0.5, 0.6) is 0 Å². The van der Waals surface area contributed by atoms with E-state index in [-0.39, 0.29) is 42.5 Å². The minimum atomic E-state index is -0.0328. The summed E-state index contributed by atoms with van der Waals surface area (Å²) >= 11 is 1.63. The molecule has 0 fully saturated rings. The Balaban J connectivity index is 0.00000364. The molecule has 1 atom stereocenters. The van der Waals surface area contributed by atoms with Gasteiger partial charge in [0, 0.05) is 26.5 Å². The third-order valence-electron chi connectivity index (χ3n) is 3.94. The standard InChI is InChI=1S/C19H27N5OS.HI/c1-14(16-9-7-6-8-10-16)21-19(20-11-18(25)23(3)4)24(5)12-17-13-26-15(2)22-17;/h6-10,13-14H,11-12H2,1-5H3,(H,20,21);1H. The predicted octanol–water partition coefficient (Wildman–Crippen LogP) is 3.30. The van der Waals surface area contributed by atoms with Crippen molar-refractivity contribution in [1.82, 2.24) is 20.1 Å². The Bertz CT molecular complexity index is 748. The first-order valence-corrected chi connectivity index (χ1v) is 9.43. The van der Waals surface area contributed by atoms with Gasteiger partial charge in [-0.05, 0) is 19.4 Å². The van der Waals surface area contributed by atoms with Crippen LogP contribution in [0, 0.1) is 6.92 Å². The van der Waals surface area contributed by atoms with E-state index >= 15 is 0 Å². The normalized spacial score (nSPS) is 12.1. The highest BCUT2D eigenvalue weighted by Gasteiger charge is 2.14. The van der Waals surface area contributed by atoms with E-state index < -0.39 is 0 Å². The number of benzene rings is 1. The minimum absolute atomic E-state index is 0. The van der Waals surface area contributed by atoms with E-state index in [4.69, 9.17) is 0 Å². The number of aliphatic imine (C=N–C) groups is 1. The van der Waals surface area contributed by atoms with Crippen LogP contribution in [0.25, 0.3) is 0 Å². The molecule has 0 saturated heterocycles. The van der Waals surface area contributed by atoms with E-state index in [2.05, 4.69) is 39.7 Å². The van der Waals surface area contributed by atoms with Crippen LogP contribution in [-0.4, -0.2) is 54.3 Å². The van der Waals surface area contributed by atoms with Crippen LogP contribution >= 0.6 is 35.3 Å². The lowest BCUT2D eigenvalue weighted by molar-refractivity contribution is -0.127. The van der Waals surface area contributed by atoms with E-state index in [0.29, 0.717) is 12.5 Å². The third-order valence-corrected chi connectivity index (χ3v) is 4.76. The van der Waals surface area contributed by atoms with Crippen molar-refractivity contribution in [3.05, 3.63) is 52.0 Å². The van der Waals surface area contributed by atoms with Gasteiger partial charge >= 0.3 is 0 Å². The topological polar surface area (TPSA) is 60.8 Å². The van der Waals surface area contributed by atoms with Crippen LogP contribution in [0.1, 0.15) is 29.2 Å². The number of nitrogens with zero attached hydrogens (tertiary/aromatic N) is 4. The first-order valence-electron chi connectivity index (χ1n) is 8.55. The largest absolute Gasteiger partial charge is 0.350 e. The van der Waals surface area contributed by atoms with Gasteiger partial charge in [-0.25, -0.2) is 9.98 Å². The number of halogens is 1. The minimum Gasteiger partial charge on any atom is -0.350 e. The van der Waals surface area contributed by atoms with Crippen molar-refractivity contribution in [2.45, 2.75) is 26.4 Å². The summed E-state index contributed by atoms with van der Waals surface area (Å²) in [5.74, 6) is 0.650. The van der Waals surface area contributed by atoms with Gasteiger partial charge in [-0.2, -0.15) is 0 Å². The second kappa shape index (κ2) is 11.2. The van der Waals surface area contributed by atoms with Crippen molar-refractivity contribution in [1.29, 1.82) is 0 Å². The van der Waals surface area contributed by atoms with Crippen molar-refractivity contribution in [2.24, 2.45) is 4.99 Å². The number of thiazole rings is 1. The van der Waals surface area contributed by atoms with Crippen LogP contribution < -0.4 is 5.32 Å². The maximum atomic E-state index is 11.9. The highest BCUT2D eigenvalue weighted by atomic mass is 127. The maximum Gasteiger partial charge on any atom is 0.243 e. The number of nitrogens with one attached hydrogen (secondary N) is 1. The first kappa shape index (κ1) is 23.4. The second-order valence-electron chi connectivity index (χ2n) is 6.42. The lowest BCUT2D eigenvalue weighted by atomic mass is 10.1. The lowest BCUT2D eigenvalue weighted by Crippen LogP contribution is -2.40. The van der Waals surface area contributed by atoms with E-state index in [0.717, 1.165) is 16.3 Å². The second-order valence-corrected chi connectivity index (χ2v) is 7.48. The van der Waals surface area contributed by atoms with Crippen molar-refractivity contribution < 1.29 is 4.79 Å². The van der Waals surface area contributed by atoms with Crippen molar-refractivity contribution in [3.8, 4) is 0 Å². The Hall–Kier alpha value is -1.68. The van der Waals surface area contributed by atoms with E-state index in [1.807, 2.05) is 37.1 Å². The molecule has 0 aliphatic rings. The molecule has 8 heteroatoms. The molecule has 0 bridgehead atoms. The first-order chi connectivity index (χ1) is 12.4. The zero-order chi connectivity index (χ0) is 19.1. The average Bonchev–Trinajstić information content (AvgIpc) is 3.03. The summed E-state index contributed by atoms with van der Waals surface area (Å²) in [5.41, 5.74) is 2.16. The Kier molecular flexibility index (Phi) is 9.71. The zero-order valence-electron chi connectivity index (χ0n) is 16.5. The molecular weight excluding hydrogens is 473 g/mol. The van der Waals surface area contributed by atoms with Crippen molar-refractivity contribution >= 4 is 47.2 Å². The molecule has 0 spiro atoms. The summed E-state index contributed by atoms with van der Waals surface area (Å²) in [6.07, 6.45) is 0. The fourth-order valence-corrected chi connectivity index (χ4v) is 2.98. The van der Waals surface area contributed by atoms with Gasteiger partial charge in [0.25, 0.3) is 0 Å². The van der Waals surface area contributed by atoms with Gasteiger partial charge in [0.05, 0.1) is 23.3 Å². The number of amides is 1. The van der Waals surface area contributed by atoms with Crippen molar-refractivity contribution in [2.75, 3.05) is 27.7 Å². The molecule has 1 unspecified atom stereocenters. The molecule has 1 amide bonds. The molecule has 6 nitrogen and oxygen atoms in total. The van der Waals surface area contributed by atoms with Gasteiger partial charge in [-0.1, -0.05) is 30.3 Å². The summed E-state index contributed by atoms with van der Waals surface area (Å²) in [5, 5.41) is 6.53. The van der Waals surface area contributed by atoms with Gasteiger partial charge in [-0.15, -0.1) is 35.3 Å². The lowest BCUT2D eigenvalue weighted by Gasteiger charge is -2.25. The summed E-state index contributed by atoms with van der Waals surface area (Å²) in [4.78, 5) is 24.5. The number of aromatic nitrogens is 1. The van der Waals surface area contributed by atoms with Crippen molar-refractivity contribution in [3.63, 3.8) is 0 Å². The Morgan fingerprint density at radius 2 is 1.93 bits per heavy atom. The number of rotatable bonds is 6. The van der Waals surface area contributed by atoms with E-state index in [1.54, 1.807) is 30.3 Å². The molecule has 1 aromatic heterocycles. The highest BCUT2D eigenvalue weighted by Crippen LogP contribution is 2.13. The van der Waals surface area contributed by atoms with Crippen LogP contribution in [0.4, 0.5) is 0 Å². The number of hydrogen-bond acceptors (Lipinski definition) is 4. The monoisotopic (exact) mass is 501 g/mol. The van der Waals surface area contributed by atoms with E-state index in [9.17, 15) is 4.79 Å². The summed E-state index contributed by atoms with van der Waals surface area (Å²) in [6.45, 7) is 4.82. The molecule has 148 valence electrons. The Morgan fingerprint density at radius 1 is 1.26 bits per heavy atom. The van der Waals surface area contributed by atoms with Gasteiger partial charge in [0.15, 0.2) is 5.96 Å². The number of guanidine groups is 1. The van der Waals surface area contributed by atoms with Crippen LogP contribution in [0.15, 0.2) is 40.7 Å². The quantitative estimate of drug-likeness (QED) is 0.375. The molecule has 0 saturated carbocycles. The SMILES string of the molecule is Cc1nc(CN(C)C(=NCC(=O)N(C)C)NC(C)c2ccccc2)cs1.I. The smallest absolute Gasteiger partial charge is 0.243 e. The van der Waals surface area contributed by atoms with Crippen LogP contribution in [0.2, 0.25) is 0 Å². The number of aryl methyl sites for hydroxylation is 1. The fourth-order valence-electron chi connectivity index (χ4n) is 2.38. The molecule has 2 aromatic rings. The van der Waals surface area contributed by atoms with Gasteiger partial charge in [-0.3, -0.25) is 4.79 Å². The summed E-state index contributed by atoms with van der Waals surface area (Å²) in [6, 6.07) is 10.2. The van der Waals surface area contributed by atoms with Gasteiger partial charge in [0.2, 0.25) is 5.91 Å². The molecule has 0 aliphatic carbocycles. The molecule has 27 heavy (non-hydrogen) atoms. The molecule has 1 N–H and O–H groups in total. The zero-order valence-corrected chi connectivity index (χ0v) is 19.6. The molecule has 0 aliphatic heterocycles. The molecular formula is C19H28IN5OS. The van der Waals surface area contributed by atoms with Crippen LogP contribution in [-0.2, 0) is 11.3 Å². The fraction of sp³-hybridized carbons (Fsp3) is 0.421. The Morgan fingerprint density at radius 3 is 2.48 bits per heavy atom. The highest BCUT2D eigenvalue weighted by molar-refractivity contribution is 14.0. The number of likely N-dealkylation sites (N-methyl/N-ethyl adjacent to an activating group) is 1. The molecule has 0 radical (unpaired) electrons. The molecule has 1 aromatic carbocycles. The number of carbonyl (C=O) groups excluding carboxylic acids is 1. The van der Waals surface area contributed by atoms with Gasteiger partial charge in [0.1, 0.15) is 6.54 Å². The number of hydrogen-bond donors (Lipinski definition) is 1. The maximum absolute atomic E-state index is 11.9. The average molecular weight is 501 g/mol. The third kappa shape index (κ3) is 7.45.